The fourth-order valence-electron chi connectivity index (χ4n) is 6.72. The average molecular weight is 596 g/mol. The van der Waals surface area contributed by atoms with E-state index in [0.29, 0.717) is 51.5 Å². The molecule has 4 atom stereocenters. The standard InChI is InChI=1S/C29H27BrFN3O5/c1-2-38-24-15-18(14-20(30)26(24)39-16-17-8-3-5-10-21(17)31)25-23-12-7-13-33(23)29(27(25)34(36)37)19-9-4-6-11-22(19)32-28(29)35/h3-6,8-11,14-15,23,25,27H,2,7,12-13,16H2,1H3,(H,32,35)/t23-,25+,27-,29+/m0/s1. The number of carbonyl (C=O) groups is 1. The van der Waals surface area contributed by atoms with Crippen LogP contribution in [0.3, 0.4) is 0 Å². The lowest BCUT2D eigenvalue weighted by Gasteiger charge is -2.32. The Kier molecular flexibility index (Phi) is 6.55. The van der Waals surface area contributed by atoms with Gasteiger partial charge in [0.1, 0.15) is 12.4 Å². The maximum absolute atomic E-state index is 14.2. The molecule has 8 nitrogen and oxygen atoms in total. The van der Waals surface area contributed by atoms with Crippen LogP contribution in [-0.4, -0.2) is 41.0 Å². The maximum Gasteiger partial charge on any atom is 0.256 e. The minimum absolute atomic E-state index is 0.0118. The molecule has 1 N–H and O–H groups in total. The molecule has 0 aliphatic carbocycles. The molecule has 0 bridgehead atoms. The van der Waals surface area contributed by atoms with Crippen LogP contribution in [0.4, 0.5) is 10.1 Å². The minimum atomic E-state index is -1.40. The molecule has 2 saturated heterocycles. The summed E-state index contributed by atoms with van der Waals surface area (Å²) in [5.74, 6) is -0.502. The van der Waals surface area contributed by atoms with E-state index in [0.717, 1.165) is 12.8 Å². The van der Waals surface area contributed by atoms with E-state index in [1.54, 1.807) is 30.3 Å². The van der Waals surface area contributed by atoms with Gasteiger partial charge < -0.3 is 14.8 Å². The molecule has 0 saturated carbocycles. The molecule has 6 rings (SSSR count). The predicted octanol–water partition coefficient (Wildman–Crippen LogP) is 5.62. The van der Waals surface area contributed by atoms with E-state index in [1.165, 1.54) is 6.07 Å². The van der Waals surface area contributed by atoms with Gasteiger partial charge in [-0.3, -0.25) is 19.8 Å². The number of amides is 1. The van der Waals surface area contributed by atoms with E-state index in [4.69, 9.17) is 9.47 Å². The molecular formula is C29H27BrFN3O5. The summed E-state index contributed by atoms with van der Waals surface area (Å²) in [6.45, 7) is 2.76. The van der Waals surface area contributed by atoms with Crippen molar-refractivity contribution in [2.75, 3.05) is 18.5 Å². The summed E-state index contributed by atoms with van der Waals surface area (Å²) in [4.78, 5) is 28.3. The van der Waals surface area contributed by atoms with Crippen molar-refractivity contribution in [1.82, 2.24) is 4.90 Å². The topological polar surface area (TPSA) is 93.9 Å². The third-order valence-corrected chi connectivity index (χ3v) is 8.73. The second kappa shape index (κ2) is 9.91. The molecule has 3 heterocycles. The van der Waals surface area contributed by atoms with Gasteiger partial charge in [-0.25, -0.2) is 4.39 Å². The zero-order valence-electron chi connectivity index (χ0n) is 21.2. The Labute approximate surface area is 233 Å². The largest absolute Gasteiger partial charge is 0.490 e. The van der Waals surface area contributed by atoms with Crippen molar-refractivity contribution >= 4 is 27.5 Å². The van der Waals surface area contributed by atoms with Crippen LogP contribution < -0.4 is 14.8 Å². The molecule has 0 aromatic heterocycles. The van der Waals surface area contributed by atoms with E-state index in [9.17, 15) is 19.3 Å². The average Bonchev–Trinajstić information content (AvgIpc) is 3.57. The molecule has 3 aromatic rings. The number of ether oxygens (including phenoxy) is 2. The van der Waals surface area contributed by atoms with Crippen LogP contribution in [0.2, 0.25) is 0 Å². The molecule has 2 fully saturated rings. The molecule has 3 aliphatic heterocycles. The van der Waals surface area contributed by atoms with Crippen molar-refractivity contribution in [3.05, 3.63) is 97.8 Å². The molecule has 0 radical (unpaired) electrons. The molecule has 0 unspecified atom stereocenters. The highest BCUT2D eigenvalue weighted by Gasteiger charge is 2.73. The van der Waals surface area contributed by atoms with Crippen LogP contribution >= 0.6 is 15.9 Å². The molecule has 1 amide bonds. The Morgan fingerprint density at radius 3 is 2.72 bits per heavy atom. The van der Waals surface area contributed by atoms with Gasteiger partial charge in [-0.2, -0.15) is 0 Å². The van der Waals surface area contributed by atoms with E-state index in [-0.39, 0.29) is 29.3 Å². The number of halogens is 2. The monoisotopic (exact) mass is 595 g/mol. The first-order chi connectivity index (χ1) is 18.9. The Morgan fingerprint density at radius 2 is 1.95 bits per heavy atom. The van der Waals surface area contributed by atoms with Crippen molar-refractivity contribution in [3.63, 3.8) is 0 Å². The van der Waals surface area contributed by atoms with Gasteiger partial charge >= 0.3 is 0 Å². The third-order valence-electron chi connectivity index (χ3n) is 8.14. The zero-order valence-corrected chi connectivity index (χ0v) is 22.8. The van der Waals surface area contributed by atoms with Gasteiger partial charge in [0.05, 0.1) is 17.0 Å². The lowest BCUT2D eigenvalue weighted by Crippen LogP contribution is -2.55. The third kappa shape index (κ3) is 3.91. The Balaban J connectivity index is 1.45. The number of para-hydroxylation sites is 1. The number of rotatable bonds is 7. The van der Waals surface area contributed by atoms with E-state index >= 15 is 0 Å². The zero-order chi connectivity index (χ0) is 27.3. The van der Waals surface area contributed by atoms with Crippen LogP contribution in [0.5, 0.6) is 11.5 Å². The highest BCUT2D eigenvalue weighted by atomic mass is 79.9. The maximum atomic E-state index is 14.2. The summed E-state index contributed by atoms with van der Waals surface area (Å²) in [7, 11) is 0. The minimum Gasteiger partial charge on any atom is -0.490 e. The van der Waals surface area contributed by atoms with Crippen LogP contribution in [-0.2, 0) is 16.9 Å². The van der Waals surface area contributed by atoms with E-state index in [1.807, 2.05) is 36.1 Å². The second-order valence-electron chi connectivity index (χ2n) is 10.1. The van der Waals surface area contributed by atoms with Gasteiger partial charge in [-0.15, -0.1) is 0 Å². The first-order valence-corrected chi connectivity index (χ1v) is 13.8. The lowest BCUT2D eigenvalue weighted by molar-refractivity contribution is -0.534. The number of hydrogen-bond donors (Lipinski definition) is 1. The first-order valence-electron chi connectivity index (χ1n) is 13.0. The quantitative estimate of drug-likeness (QED) is 0.281. The lowest BCUT2D eigenvalue weighted by atomic mass is 9.77. The Bertz CT molecular complexity index is 1470. The fourth-order valence-corrected chi connectivity index (χ4v) is 7.30. The van der Waals surface area contributed by atoms with Crippen LogP contribution in [0, 0.1) is 15.9 Å². The number of nitrogens with one attached hydrogen (secondary N) is 1. The van der Waals surface area contributed by atoms with Gasteiger partial charge in [0.2, 0.25) is 0 Å². The number of nitro groups is 1. The van der Waals surface area contributed by atoms with Crippen LogP contribution in [0.25, 0.3) is 0 Å². The van der Waals surface area contributed by atoms with Crippen LogP contribution in [0.15, 0.2) is 65.1 Å². The van der Waals surface area contributed by atoms with Crippen molar-refractivity contribution in [2.45, 2.75) is 49.9 Å². The predicted molar refractivity (Wildman–Crippen MR) is 146 cm³/mol. The van der Waals surface area contributed by atoms with Crippen molar-refractivity contribution in [1.29, 1.82) is 0 Å². The summed E-state index contributed by atoms with van der Waals surface area (Å²) in [5.41, 5.74) is 0.962. The molecule has 3 aromatic carbocycles. The summed E-state index contributed by atoms with van der Waals surface area (Å²) in [6.07, 6.45) is 1.57. The molecule has 3 aliphatic rings. The first kappa shape index (κ1) is 25.8. The van der Waals surface area contributed by atoms with Crippen molar-refractivity contribution in [3.8, 4) is 11.5 Å². The smallest absolute Gasteiger partial charge is 0.256 e. The Morgan fingerprint density at radius 1 is 1.18 bits per heavy atom. The van der Waals surface area contributed by atoms with Gasteiger partial charge in [-0.05, 0) is 65.5 Å². The highest BCUT2D eigenvalue weighted by molar-refractivity contribution is 9.10. The van der Waals surface area contributed by atoms with Crippen LogP contribution in [0.1, 0.15) is 42.4 Å². The van der Waals surface area contributed by atoms with E-state index in [2.05, 4.69) is 21.2 Å². The number of anilines is 1. The van der Waals surface area contributed by atoms with Crippen molar-refractivity contribution < 1.29 is 23.6 Å². The SMILES string of the molecule is CCOc1cc([C@H]2[C@H]([N+](=O)[O-])[C@]3(C(=O)Nc4ccccc43)N3CCC[C@@H]23)cc(Br)c1OCc1ccccc1F. The number of hydrogen-bond acceptors (Lipinski definition) is 6. The molecule has 10 heteroatoms. The summed E-state index contributed by atoms with van der Waals surface area (Å²) in [5, 5.41) is 15.8. The molecule has 39 heavy (non-hydrogen) atoms. The van der Waals surface area contributed by atoms with Crippen molar-refractivity contribution in [2.24, 2.45) is 0 Å². The number of fused-ring (bicyclic) bond motifs is 4. The molecule has 1 spiro atoms. The highest BCUT2D eigenvalue weighted by Crippen LogP contribution is 2.58. The number of benzene rings is 3. The summed E-state index contributed by atoms with van der Waals surface area (Å²) in [6, 6.07) is 15.8. The molecular weight excluding hydrogens is 569 g/mol. The van der Waals surface area contributed by atoms with Gasteiger partial charge in [0.15, 0.2) is 17.0 Å². The second-order valence-corrected chi connectivity index (χ2v) is 10.9. The van der Waals surface area contributed by atoms with Gasteiger partial charge in [0, 0.05) is 34.3 Å². The fraction of sp³-hybridized carbons (Fsp3) is 0.345. The van der Waals surface area contributed by atoms with Gasteiger partial charge in [-0.1, -0.05) is 36.4 Å². The molecule has 202 valence electrons. The van der Waals surface area contributed by atoms with Gasteiger partial charge in [0.25, 0.3) is 11.9 Å². The summed E-state index contributed by atoms with van der Waals surface area (Å²) < 4.78 is 26.7. The summed E-state index contributed by atoms with van der Waals surface area (Å²) >= 11 is 3.59. The number of carbonyl (C=O) groups excluding carboxylic acids is 1. The number of nitrogens with zero attached hydrogens (tertiary/aromatic N) is 2. The van der Waals surface area contributed by atoms with E-state index < -0.39 is 17.5 Å². The normalized spacial score (nSPS) is 25.4. The Hall–Kier alpha value is -3.50.